The van der Waals surface area contributed by atoms with Gasteiger partial charge in [0, 0.05) is 11.6 Å². The second kappa shape index (κ2) is 7.13. The van der Waals surface area contributed by atoms with Gasteiger partial charge in [0.1, 0.15) is 13.2 Å². The number of halogens is 1. The van der Waals surface area contributed by atoms with Gasteiger partial charge in [-0.25, -0.2) is 5.43 Å². The molecule has 0 atom stereocenters. The Hall–Kier alpha value is -2.93. The standard InChI is InChI=1S/C18H15ClN2O5/c19-13-8-17-16(25-10-26-17)7-12(13)9-20-21-18(22)6-11-1-2-14-15(5-11)24-4-3-23-14/h1-2,5,7-9H,3-4,6,10H2,(H,21,22)/b20-9-. The fourth-order valence-corrected chi connectivity index (χ4v) is 2.83. The second-order valence-corrected chi connectivity index (χ2v) is 6.08. The summed E-state index contributed by atoms with van der Waals surface area (Å²) in [5.41, 5.74) is 3.91. The van der Waals surface area contributed by atoms with Crippen LogP contribution >= 0.6 is 11.6 Å². The average Bonchev–Trinajstić information content (AvgIpc) is 3.09. The molecule has 7 nitrogen and oxygen atoms in total. The Morgan fingerprint density at radius 3 is 2.62 bits per heavy atom. The van der Waals surface area contributed by atoms with E-state index in [0.29, 0.717) is 46.8 Å². The van der Waals surface area contributed by atoms with Crippen LogP contribution in [0.3, 0.4) is 0 Å². The van der Waals surface area contributed by atoms with E-state index in [1.807, 2.05) is 6.07 Å². The van der Waals surface area contributed by atoms with Gasteiger partial charge in [-0.2, -0.15) is 5.10 Å². The number of hydrogen-bond donors (Lipinski definition) is 1. The molecule has 1 N–H and O–H groups in total. The summed E-state index contributed by atoms with van der Waals surface area (Å²) >= 11 is 6.16. The van der Waals surface area contributed by atoms with Crippen molar-refractivity contribution in [2.75, 3.05) is 20.0 Å². The predicted molar refractivity (Wildman–Crippen MR) is 94.4 cm³/mol. The van der Waals surface area contributed by atoms with E-state index in [0.717, 1.165) is 5.56 Å². The minimum absolute atomic E-state index is 0.165. The van der Waals surface area contributed by atoms with E-state index in [2.05, 4.69) is 10.5 Å². The molecule has 0 unspecified atom stereocenters. The maximum absolute atomic E-state index is 12.1. The summed E-state index contributed by atoms with van der Waals surface area (Å²) in [4.78, 5) is 12.1. The van der Waals surface area contributed by atoms with Gasteiger partial charge in [-0.1, -0.05) is 17.7 Å². The van der Waals surface area contributed by atoms with Crippen molar-refractivity contribution in [1.82, 2.24) is 5.43 Å². The molecule has 0 fully saturated rings. The molecule has 0 radical (unpaired) electrons. The van der Waals surface area contributed by atoms with Crippen LogP contribution in [-0.4, -0.2) is 32.1 Å². The van der Waals surface area contributed by atoms with E-state index >= 15 is 0 Å². The third-order valence-corrected chi connectivity index (χ3v) is 4.18. The van der Waals surface area contributed by atoms with Crippen LogP contribution in [-0.2, 0) is 11.2 Å². The van der Waals surface area contributed by atoms with Crippen molar-refractivity contribution in [1.29, 1.82) is 0 Å². The van der Waals surface area contributed by atoms with Gasteiger partial charge in [0.15, 0.2) is 23.0 Å². The van der Waals surface area contributed by atoms with Crippen molar-refractivity contribution < 1.29 is 23.7 Å². The molecule has 0 aromatic heterocycles. The smallest absolute Gasteiger partial charge is 0.244 e. The first kappa shape index (κ1) is 16.5. The van der Waals surface area contributed by atoms with Crippen LogP contribution in [0.5, 0.6) is 23.0 Å². The summed E-state index contributed by atoms with van der Waals surface area (Å²) in [5, 5.41) is 4.41. The van der Waals surface area contributed by atoms with E-state index in [9.17, 15) is 4.79 Å². The summed E-state index contributed by atoms with van der Waals surface area (Å²) in [7, 11) is 0. The quantitative estimate of drug-likeness (QED) is 0.657. The summed E-state index contributed by atoms with van der Waals surface area (Å²) in [5.74, 6) is 2.27. The number of ether oxygens (including phenoxy) is 4. The first-order valence-corrected chi connectivity index (χ1v) is 8.36. The summed E-state index contributed by atoms with van der Waals surface area (Å²) in [6.07, 6.45) is 1.63. The normalized spacial score (nSPS) is 14.5. The van der Waals surface area contributed by atoms with Gasteiger partial charge in [0.2, 0.25) is 12.7 Å². The zero-order valence-electron chi connectivity index (χ0n) is 13.7. The maximum Gasteiger partial charge on any atom is 0.244 e. The number of fused-ring (bicyclic) bond motifs is 2. The highest BCUT2D eigenvalue weighted by molar-refractivity contribution is 6.33. The lowest BCUT2D eigenvalue weighted by Crippen LogP contribution is -2.20. The van der Waals surface area contributed by atoms with Crippen molar-refractivity contribution >= 4 is 23.7 Å². The SMILES string of the molecule is O=C(Cc1ccc2c(c1)OCCO2)N/N=C\c1cc2c(cc1Cl)OCO2. The molecule has 134 valence electrons. The lowest BCUT2D eigenvalue weighted by atomic mass is 10.1. The number of hydrogen-bond acceptors (Lipinski definition) is 6. The van der Waals surface area contributed by atoms with E-state index in [-0.39, 0.29) is 19.1 Å². The molecule has 8 heteroatoms. The summed E-state index contributed by atoms with van der Waals surface area (Å²) in [6, 6.07) is 8.79. The fraction of sp³-hybridized carbons (Fsp3) is 0.222. The van der Waals surface area contributed by atoms with Crippen LogP contribution in [0.2, 0.25) is 5.02 Å². The molecule has 0 aliphatic carbocycles. The van der Waals surface area contributed by atoms with E-state index in [4.69, 9.17) is 30.5 Å². The van der Waals surface area contributed by atoms with Crippen molar-refractivity contribution in [3.05, 3.63) is 46.5 Å². The molecular formula is C18H15ClN2O5. The molecule has 2 heterocycles. The fourth-order valence-electron chi connectivity index (χ4n) is 2.63. The molecule has 1 amide bonds. The molecule has 4 rings (SSSR count). The Balaban J connectivity index is 1.37. The minimum atomic E-state index is -0.255. The number of carbonyl (C=O) groups is 1. The van der Waals surface area contributed by atoms with Crippen LogP contribution in [0, 0.1) is 0 Å². The molecule has 2 aliphatic heterocycles. The van der Waals surface area contributed by atoms with E-state index in [1.54, 1.807) is 24.3 Å². The number of rotatable bonds is 4. The third-order valence-electron chi connectivity index (χ3n) is 3.86. The molecule has 0 saturated carbocycles. The van der Waals surface area contributed by atoms with Gasteiger partial charge in [0.05, 0.1) is 17.7 Å². The topological polar surface area (TPSA) is 78.4 Å². The Kier molecular flexibility index (Phi) is 4.53. The molecular weight excluding hydrogens is 360 g/mol. The number of benzene rings is 2. The number of nitrogens with one attached hydrogen (secondary N) is 1. The molecule has 0 spiro atoms. The van der Waals surface area contributed by atoms with Gasteiger partial charge in [0.25, 0.3) is 0 Å². The van der Waals surface area contributed by atoms with Gasteiger partial charge in [-0.15, -0.1) is 0 Å². The van der Waals surface area contributed by atoms with Gasteiger partial charge < -0.3 is 18.9 Å². The summed E-state index contributed by atoms with van der Waals surface area (Å²) < 4.78 is 21.5. The van der Waals surface area contributed by atoms with E-state index < -0.39 is 0 Å². The molecule has 26 heavy (non-hydrogen) atoms. The highest BCUT2D eigenvalue weighted by Crippen LogP contribution is 2.36. The third kappa shape index (κ3) is 3.52. The lowest BCUT2D eigenvalue weighted by molar-refractivity contribution is -0.120. The number of nitrogens with zero attached hydrogens (tertiary/aromatic N) is 1. The Morgan fingerprint density at radius 2 is 1.77 bits per heavy atom. The largest absolute Gasteiger partial charge is 0.486 e. The van der Waals surface area contributed by atoms with Crippen molar-refractivity contribution in [2.24, 2.45) is 5.10 Å². The zero-order chi connectivity index (χ0) is 17.9. The molecule has 2 aliphatic rings. The van der Waals surface area contributed by atoms with Gasteiger partial charge in [-0.3, -0.25) is 4.79 Å². The first-order valence-electron chi connectivity index (χ1n) is 7.98. The van der Waals surface area contributed by atoms with Gasteiger partial charge >= 0.3 is 0 Å². The van der Waals surface area contributed by atoms with Crippen molar-refractivity contribution in [3.63, 3.8) is 0 Å². The van der Waals surface area contributed by atoms with Crippen LogP contribution in [0.25, 0.3) is 0 Å². The first-order chi connectivity index (χ1) is 12.7. The zero-order valence-corrected chi connectivity index (χ0v) is 14.4. The Labute approximate surface area is 154 Å². The van der Waals surface area contributed by atoms with Crippen LogP contribution < -0.4 is 24.4 Å². The summed E-state index contributed by atoms with van der Waals surface area (Å²) in [6.45, 7) is 1.20. The van der Waals surface area contributed by atoms with Crippen LogP contribution in [0.4, 0.5) is 0 Å². The second-order valence-electron chi connectivity index (χ2n) is 5.67. The maximum atomic E-state index is 12.1. The van der Waals surface area contributed by atoms with Crippen LogP contribution in [0.15, 0.2) is 35.4 Å². The monoisotopic (exact) mass is 374 g/mol. The number of carbonyl (C=O) groups excluding carboxylic acids is 1. The Morgan fingerprint density at radius 1 is 1.04 bits per heavy atom. The number of amides is 1. The highest BCUT2D eigenvalue weighted by atomic mass is 35.5. The molecule has 0 bridgehead atoms. The predicted octanol–water partition coefficient (Wildman–Crippen LogP) is 2.53. The molecule has 0 saturated heterocycles. The highest BCUT2D eigenvalue weighted by Gasteiger charge is 2.16. The molecule has 2 aromatic rings. The Bertz CT molecular complexity index is 884. The van der Waals surface area contributed by atoms with Crippen molar-refractivity contribution in [3.8, 4) is 23.0 Å². The van der Waals surface area contributed by atoms with E-state index in [1.165, 1.54) is 6.21 Å². The number of hydrazone groups is 1. The molecule has 2 aromatic carbocycles. The van der Waals surface area contributed by atoms with Gasteiger partial charge in [-0.05, 0) is 23.8 Å². The van der Waals surface area contributed by atoms with Crippen molar-refractivity contribution in [2.45, 2.75) is 6.42 Å². The minimum Gasteiger partial charge on any atom is -0.486 e. The average molecular weight is 375 g/mol. The lowest BCUT2D eigenvalue weighted by Gasteiger charge is -2.18. The van der Waals surface area contributed by atoms with Crippen LogP contribution in [0.1, 0.15) is 11.1 Å².